The highest BCUT2D eigenvalue weighted by molar-refractivity contribution is 5.74. The molecule has 0 atom stereocenters. The molecule has 0 fully saturated rings. The number of benzene rings is 1. The Morgan fingerprint density at radius 2 is 1.60 bits per heavy atom. The van der Waals surface area contributed by atoms with Crippen molar-refractivity contribution < 1.29 is 9.53 Å². The molecule has 0 unspecified atom stereocenters. The number of hydrogen-bond donors (Lipinski definition) is 0. The molecule has 0 aliphatic rings. The van der Waals surface area contributed by atoms with E-state index in [9.17, 15) is 4.79 Å². The van der Waals surface area contributed by atoms with Crippen LogP contribution in [0.4, 0.5) is 0 Å². The minimum Gasteiger partial charge on any atom is -0.484 e. The first-order chi connectivity index (χ1) is 9.72. The standard InChI is InChI=1S/C17H26NO2/c1-2-3-4-5-6-7-8-9-15-10-12-16(13-11-15)20-14-17(18)19/h10-13,18H,2-9,14H2,1H3. The lowest BCUT2D eigenvalue weighted by molar-refractivity contribution is -0.120. The summed E-state index contributed by atoms with van der Waals surface area (Å²) in [6.45, 7) is 2.07. The highest BCUT2D eigenvalue weighted by Crippen LogP contribution is 2.15. The summed E-state index contributed by atoms with van der Waals surface area (Å²) in [6, 6.07) is 7.83. The van der Waals surface area contributed by atoms with E-state index in [1.807, 2.05) is 24.3 Å². The lowest BCUT2D eigenvalue weighted by Gasteiger charge is -2.05. The number of rotatable bonds is 11. The summed E-state index contributed by atoms with van der Waals surface area (Å²) in [5.41, 5.74) is 8.09. The fraction of sp³-hybridized carbons (Fsp3) is 0.588. The van der Waals surface area contributed by atoms with Crippen LogP contribution >= 0.6 is 0 Å². The fourth-order valence-corrected chi connectivity index (χ4v) is 2.19. The smallest absolute Gasteiger partial charge is 0.276 e. The van der Waals surface area contributed by atoms with Gasteiger partial charge in [0.15, 0.2) is 6.61 Å². The Morgan fingerprint density at radius 1 is 1.00 bits per heavy atom. The van der Waals surface area contributed by atoms with Crippen molar-refractivity contribution in [2.24, 2.45) is 0 Å². The summed E-state index contributed by atoms with van der Waals surface area (Å²) in [7, 11) is 0. The Balaban J connectivity index is 2.13. The lowest BCUT2D eigenvalue weighted by Crippen LogP contribution is -2.11. The first-order valence-electron chi connectivity index (χ1n) is 7.68. The van der Waals surface area contributed by atoms with Gasteiger partial charge in [-0.1, -0.05) is 57.6 Å². The molecule has 111 valence electrons. The van der Waals surface area contributed by atoms with Gasteiger partial charge in [-0.3, -0.25) is 10.5 Å². The summed E-state index contributed by atoms with van der Waals surface area (Å²) in [6.07, 6.45) is 10.4. The van der Waals surface area contributed by atoms with Crippen molar-refractivity contribution in [1.82, 2.24) is 5.73 Å². The van der Waals surface area contributed by atoms with Crippen LogP contribution in [0, 0.1) is 0 Å². The molecule has 3 heteroatoms. The van der Waals surface area contributed by atoms with Crippen molar-refractivity contribution in [1.29, 1.82) is 0 Å². The van der Waals surface area contributed by atoms with Crippen molar-refractivity contribution >= 4 is 5.91 Å². The van der Waals surface area contributed by atoms with Gasteiger partial charge in [-0.05, 0) is 30.5 Å². The molecule has 0 saturated heterocycles. The minimum absolute atomic E-state index is 0.170. The Morgan fingerprint density at radius 3 is 2.20 bits per heavy atom. The van der Waals surface area contributed by atoms with Crippen LogP contribution in [-0.2, 0) is 11.2 Å². The van der Waals surface area contributed by atoms with Gasteiger partial charge in [0, 0.05) is 0 Å². The number of carbonyl (C=O) groups excluding carboxylic acids is 1. The van der Waals surface area contributed by atoms with Crippen LogP contribution in [-0.4, -0.2) is 12.5 Å². The third-order valence-corrected chi connectivity index (χ3v) is 3.36. The van der Waals surface area contributed by atoms with Crippen LogP contribution in [0.1, 0.15) is 57.4 Å². The molecule has 1 radical (unpaired) electrons. The zero-order chi connectivity index (χ0) is 14.6. The van der Waals surface area contributed by atoms with Gasteiger partial charge >= 0.3 is 0 Å². The molecule has 1 N–H and O–H groups in total. The van der Waals surface area contributed by atoms with E-state index in [1.165, 1.54) is 50.5 Å². The van der Waals surface area contributed by atoms with Gasteiger partial charge in [-0.2, -0.15) is 0 Å². The first-order valence-corrected chi connectivity index (χ1v) is 7.68. The lowest BCUT2D eigenvalue weighted by atomic mass is 10.0. The topological polar surface area (TPSA) is 50.1 Å². The van der Waals surface area contributed by atoms with Crippen LogP contribution in [0.5, 0.6) is 5.75 Å². The van der Waals surface area contributed by atoms with E-state index in [1.54, 1.807) is 0 Å². The van der Waals surface area contributed by atoms with E-state index in [2.05, 4.69) is 6.92 Å². The molecule has 3 nitrogen and oxygen atoms in total. The predicted molar refractivity (Wildman–Crippen MR) is 81.7 cm³/mol. The van der Waals surface area contributed by atoms with E-state index < -0.39 is 5.91 Å². The largest absolute Gasteiger partial charge is 0.484 e. The summed E-state index contributed by atoms with van der Waals surface area (Å²) >= 11 is 0. The molecule has 0 aliphatic heterocycles. The second-order valence-corrected chi connectivity index (χ2v) is 5.23. The second kappa shape index (κ2) is 10.3. The Hall–Kier alpha value is -1.51. The molecule has 0 saturated carbocycles. The maximum atomic E-state index is 10.5. The maximum Gasteiger partial charge on any atom is 0.276 e. The number of ether oxygens (including phenoxy) is 1. The van der Waals surface area contributed by atoms with Gasteiger partial charge in [0.25, 0.3) is 5.91 Å². The number of aryl methyl sites for hydroxylation is 1. The molecular formula is C17H26NO2. The van der Waals surface area contributed by atoms with Crippen molar-refractivity contribution in [2.75, 3.05) is 6.61 Å². The number of nitrogens with one attached hydrogen (secondary N) is 1. The van der Waals surface area contributed by atoms with Gasteiger partial charge in [0.05, 0.1) is 0 Å². The summed E-state index contributed by atoms with van der Waals surface area (Å²) in [5, 5.41) is 0. The first kappa shape index (κ1) is 16.5. The van der Waals surface area contributed by atoms with E-state index in [0.29, 0.717) is 5.75 Å². The third-order valence-electron chi connectivity index (χ3n) is 3.36. The van der Waals surface area contributed by atoms with Crippen LogP contribution < -0.4 is 10.5 Å². The van der Waals surface area contributed by atoms with Crippen LogP contribution in [0.3, 0.4) is 0 Å². The molecular weight excluding hydrogens is 250 g/mol. The molecule has 0 bridgehead atoms. The molecule has 0 aromatic heterocycles. The van der Waals surface area contributed by atoms with E-state index in [4.69, 9.17) is 10.5 Å². The molecule has 1 aromatic carbocycles. The number of amides is 1. The molecule has 1 amide bonds. The highest BCUT2D eigenvalue weighted by Gasteiger charge is 1.99. The number of hydrogen-bond acceptors (Lipinski definition) is 2. The Bertz CT molecular complexity index is 373. The molecule has 0 aliphatic carbocycles. The SMILES string of the molecule is CCCCCCCCCc1ccc(OCC([NH])=O)cc1. The van der Waals surface area contributed by atoms with Gasteiger partial charge in [0.1, 0.15) is 5.75 Å². The molecule has 1 rings (SSSR count). The zero-order valence-electron chi connectivity index (χ0n) is 12.5. The van der Waals surface area contributed by atoms with Gasteiger partial charge in [-0.15, -0.1) is 0 Å². The normalized spacial score (nSPS) is 10.4. The monoisotopic (exact) mass is 276 g/mol. The van der Waals surface area contributed by atoms with Crippen molar-refractivity contribution in [3.63, 3.8) is 0 Å². The van der Waals surface area contributed by atoms with E-state index >= 15 is 0 Å². The van der Waals surface area contributed by atoms with Gasteiger partial charge in [-0.25, -0.2) is 0 Å². The number of carbonyl (C=O) groups is 1. The van der Waals surface area contributed by atoms with Crippen molar-refractivity contribution in [2.45, 2.75) is 58.3 Å². The van der Waals surface area contributed by atoms with E-state index in [-0.39, 0.29) is 6.61 Å². The number of unbranched alkanes of at least 4 members (excludes halogenated alkanes) is 6. The summed E-state index contributed by atoms with van der Waals surface area (Å²) in [4.78, 5) is 10.5. The molecule has 1 aromatic rings. The average molecular weight is 276 g/mol. The Kier molecular flexibility index (Phi) is 8.52. The van der Waals surface area contributed by atoms with Crippen LogP contribution in [0.25, 0.3) is 0 Å². The quantitative estimate of drug-likeness (QED) is 0.570. The summed E-state index contributed by atoms with van der Waals surface area (Å²) < 4.78 is 5.17. The zero-order valence-corrected chi connectivity index (χ0v) is 12.5. The van der Waals surface area contributed by atoms with Crippen LogP contribution in [0.15, 0.2) is 24.3 Å². The predicted octanol–water partition coefficient (Wildman–Crippen LogP) is 4.17. The molecule has 0 heterocycles. The Labute approximate surface area is 122 Å². The molecule has 20 heavy (non-hydrogen) atoms. The second-order valence-electron chi connectivity index (χ2n) is 5.23. The molecule has 0 spiro atoms. The van der Waals surface area contributed by atoms with Crippen molar-refractivity contribution in [3.8, 4) is 5.75 Å². The average Bonchev–Trinajstić information content (AvgIpc) is 2.45. The third kappa shape index (κ3) is 7.82. The van der Waals surface area contributed by atoms with Crippen LogP contribution in [0.2, 0.25) is 0 Å². The van der Waals surface area contributed by atoms with E-state index in [0.717, 1.165) is 6.42 Å². The minimum atomic E-state index is -0.697. The fourth-order valence-electron chi connectivity index (χ4n) is 2.19. The van der Waals surface area contributed by atoms with Gasteiger partial charge in [0.2, 0.25) is 0 Å². The maximum absolute atomic E-state index is 10.5. The van der Waals surface area contributed by atoms with Crippen molar-refractivity contribution in [3.05, 3.63) is 29.8 Å². The summed E-state index contributed by atoms with van der Waals surface area (Å²) in [5.74, 6) is -0.0361. The highest BCUT2D eigenvalue weighted by atomic mass is 16.5. The van der Waals surface area contributed by atoms with Gasteiger partial charge < -0.3 is 4.74 Å².